The smallest absolute Gasteiger partial charge is 0.257 e. The molecule has 1 N–H and O–H groups in total. The van der Waals surface area contributed by atoms with Crippen LogP contribution in [0.15, 0.2) is 48.5 Å². The number of hydrogen-bond donors (Lipinski definition) is 1. The minimum Gasteiger partial charge on any atom is -0.484 e. The molecular weight excluding hydrogens is 464 g/mol. The highest BCUT2D eigenvalue weighted by molar-refractivity contribution is 6.30. The quantitative estimate of drug-likeness (QED) is 0.397. The van der Waals surface area contributed by atoms with Crippen molar-refractivity contribution in [2.45, 2.75) is 40.7 Å². The van der Waals surface area contributed by atoms with E-state index >= 15 is 0 Å². The monoisotopic (exact) mass is 498 g/mol. The van der Waals surface area contributed by atoms with Crippen molar-refractivity contribution in [3.63, 3.8) is 0 Å². The number of nitrogens with one attached hydrogen (secondary N) is 1. The Labute approximate surface area is 212 Å². The second-order valence-electron chi connectivity index (χ2n) is 9.53. The summed E-state index contributed by atoms with van der Waals surface area (Å²) < 4.78 is 7.47. The van der Waals surface area contributed by atoms with Crippen LogP contribution >= 0.6 is 11.6 Å². The zero-order chi connectivity index (χ0) is 25.4. The van der Waals surface area contributed by atoms with E-state index in [4.69, 9.17) is 21.3 Å². The molecule has 0 radical (unpaired) electrons. The third-order valence-electron chi connectivity index (χ3n) is 5.41. The number of hydrogen-bond acceptors (Lipinski definition) is 4. The Kier molecular flexibility index (Phi) is 9.55. The SMILES string of the molecule is CC(C)CN(CC(C)C)C(=O)Cn1c(CCNC(=O)COc2ccc(Cl)cc2)nc2ccccc21. The summed E-state index contributed by atoms with van der Waals surface area (Å²) in [5, 5.41) is 3.48. The van der Waals surface area contributed by atoms with Gasteiger partial charge in [-0.1, -0.05) is 51.4 Å². The number of nitrogens with zero attached hydrogens (tertiary/aromatic N) is 3. The largest absolute Gasteiger partial charge is 0.484 e. The fraction of sp³-hybridized carbons (Fsp3) is 0.444. The van der Waals surface area contributed by atoms with E-state index < -0.39 is 0 Å². The van der Waals surface area contributed by atoms with Crippen molar-refractivity contribution in [3.05, 3.63) is 59.4 Å². The Morgan fingerprint density at radius 3 is 2.34 bits per heavy atom. The molecule has 3 rings (SSSR count). The molecule has 0 saturated heterocycles. The topological polar surface area (TPSA) is 76.5 Å². The summed E-state index contributed by atoms with van der Waals surface area (Å²) in [7, 11) is 0. The molecule has 0 saturated carbocycles. The van der Waals surface area contributed by atoms with Crippen LogP contribution in [0, 0.1) is 11.8 Å². The summed E-state index contributed by atoms with van der Waals surface area (Å²) in [6.07, 6.45) is 0.503. The van der Waals surface area contributed by atoms with Gasteiger partial charge >= 0.3 is 0 Å². The van der Waals surface area contributed by atoms with Gasteiger partial charge in [-0.15, -0.1) is 0 Å². The van der Waals surface area contributed by atoms with Crippen LogP contribution < -0.4 is 10.1 Å². The Bertz CT molecular complexity index is 1120. The fourth-order valence-corrected chi connectivity index (χ4v) is 4.06. The Balaban J connectivity index is 1.64. The number of carbonyl (C=O) groups is 2. The molecule has 1 aromatic heterocycles. The van der Waals surface area contributed by atoms with Crippen LogP contribution in [0.4, 0.5) is 0 Å². The summed E-state index contributed by atoms with van der Waals surface area (Å²) in [6.45, 7) is 10.5. The van der Waals surface area contributed by atoms with Crippen LogP contribution in [0.2, 0.25) is 5.02 Å². The lowest BCUT2D eigenvalue weighted by Crippen LogP contribution is -2.39. The number of carbonyl (C=O) groups excluding carboxylic acids is 2. The van der Waals surface area contributed by atoms with Gasteiger partial charge in [0.2, 0.25) is 5.91 Å². The highest BCUT2D eigenvalue weighted by Gasteiger charge is 2.20. The first kappa shape index (κ1) is 26.5. The number of para-hydroxylation sites is 2. The molecule has 3 aromatic rings. The molecule has 2 amide bonds. The minimum absolute atomic E-state index is 0.0807. The van der Waals surface area contributed by atoms with E-state index in [-0.39, 0.29) is 25.0 Å². The maximum atomic E-state index is 13.3. The molecule has 0 spiro atoms. The van der Waals surface area contributed by atoms with Crippen LogP contribution in [-0.2, 0) is 22.6 Å². The molecule has 1 heterocycles. The van der Waals surface area contributed by atoms with E-state index in [0.717, 1.165) is 29.9 Å². The van der Waals surface area contributed by atoms with Crippen molar-refractivity contribution in [1.82, 2.24) is 19.8 Å². The first-order chi connectivity index (χ1) is 16.7. The Hall–Kier alpha value is -3.06. The molecule has 8 heteroatoms. The number of ether oxygens (including phenoxy) is 1. The highest BCUT2D eigenvalue weighted by Crippen LogP contribution is 2.18. The molecule has 0 atom stereocenters. The van der Waals surface area contributed by atoms with Gasteiger partial charge < -0.3 is 19.5 Å². The zero-order valence-corrected chi connectivity index (χ0v) is 21.7. The lowest BCUT2D eigenvalue weighted by Gasteiger charge is -2.27. The zero-order valence-electron chi connectivity index (χ0n) is 21.0. The maximum absolute atomic E-state index is 13.3. The normalized spacial score (nSPS) is 11.3. The summed E-state index contributed by atoms with van der Waals surface area (Å²) in [4.78, 5) is 32.2. The average Bonchev–Trinajstić information content (AvgIpc) is 3.15. The number of amides is 2. The fourth-order valence-electron chi connectivity index (χ4n) is 3.93. The summed E-state index contributed by atoms with van der Waals surface area (Å²) in [6, 6.07) is 14.7. The van der Waals surface area contributed by atoms with Crippen molar-refractivity contribution in [1.29, 1.82) is 0 Å². The third-order valence-corrected chi connectivity index (χ3v) is 5.66. The molecule has 0 aliphatic heterocycles. The van der Waals surface area contributed by atoms with E-state index in [2.05, 4.69) is 33.0 Å². The molecule has 2 aromatic carbocycles. The molecule has 35 heavy (non-hydrogen) atoms. The standard InChI is InChI=1S/C27H35ClN4O3/c1-19(2)15-31(16-20(3)4)27(34)17-32-24-8-6-5-7-23(24)30-25(32)13-14-29-26(33)18-35-22-11-9-21(28)10-12-22/h5-12,19-20H,13-18H2,1-4H3,(H,29,33). The van der Waals surface area contributed by atoms with Gasteiger partial charge in [-0.25, -0.2) is 4.98 Å². The van der Waals surface area contributed by atoms with Gasteiger partial charge in [0.15, 0.2) is 6.61 Å². The molecular formula is C27H35ClN4O3. The first-order valence-corrected chi connectivity index (χ1v) is 12.5. The summed E-state index contributed by atoms with van der Waals surface area (Å²) in [5.74, 6) is 1.99. The molecule has 0 aliphatic carbocycles. The highest BCUT2D eigenvalue weighted by atomic mass is 35.5. The average molecular weight is 499 g/mol. The van der Waals surface area contributed by atoms with Crippen molar-refractivity contribution in [2.24, 2.45) is 11.8 Å². The number of fused-ring (bicyclic) bond motifs is 1. The first-order valence-electron chi connectivity index (χ1n) is 12.1. The number of halogens is 1. The van der Waals surface area contributed by atoms with Gasteiger partial charge in [-0.2, -0.15) is 0 Å². The Morgan fingerprint density at radius 2 is 1.69 bits per heavy atom. The van der Waals surface area contributed by atoms with Gasteiger partial charge in [0.05, 0.1) is 11.0 Å². The van der Waals surface area contributed by atoms with Crippen LogP contribution in [0.5, 0.6) is 5.75 Å². The number of imidazole rings is 1. The van der Waals surface area contributed by atoms with Gasteiger partial charge in [0.1, 0.15) is 18.1 Å². The predicted octanol–water partition coefficient (Wildman–Crippen LogP) is 4.57. The van der Waals surface area contributed by atoms with Gasteiger partial charge in [0, 0.05) is 31.1 Å². The van der Waals surface area contributed by atoms with E-state index in [1.165, 1.54) is 0 Å². The molecule has 7 nitrogen and oxygen atoms in total. The van der Waals surface area contributed by atoms with Crippen LogP contribution in [0.1, 0.15) is 33.5 Å². The van der Waals surface area contributed by atoms with Gasteiger partial charge in [0.25, 0.3) is 5.91 Å². The second-order valence-corrected chi connectivity index (χ2v) is 9.97. The lowest BCUT2D eigenvalue weighted by molar-refractivity contribution is -0.133. The molecule has 0 fully saturated rings. The molecule has 0 unspecified atom stereocenters. The van der Waals surface area contributed by atoms with Crippen molar-refractivity contribution in [2.75, 3.05) is 26.2 Å². The lowest BCUT2D eigenvalue weighted by atomic mass is 10.1. The van der Waals surface area contributed by atoms with Crippen molar-refractivity contribution >= 4 is 34.4 Å². The van der Waals surface area contributed by atoms with Crippen LogP contribution in [0.3, 0.4) is 0 Å². The van der Waals surface area contributed by atoms with E-state index in [1.807, 2.05) is 33.7 Å². The number of rotatable bonds is 12. The number of benzene rings is 2. The van der Waals surface area contributed by atoms with Gasteiger partial charge in [-0.05, 0) is 48.2 Å². The Morgan fingerprint density at radius 1 is 1.03 bits per heavy atom. The van der Waals surface area contributed by atoms with Crippen LogP contribution in [0.25, 0.3) is 11.0 Å². The van der Waals surface area contributed by atoms with Crippen LogP contribution in [-0.4, -0.2) is 52.5 Å². The predicted molar refractivity (Wildman–Crippen MR) is 140 cm³/mol. The molecule has 0 aliphatic rings. The minimum atomic E-state index is -0.223. The number of aromatic nitrogens is 2. The maximum Gasteiger partial charge on any atom is 0.257 e. The van der Waals surface area contributed by atoms with E-state index in [9.17, 15) is 9.59 Å². The molecule has 188 valence electrons. The van der Waals surface area contributed by atoms with Crippen molar-refractivity contribution in [3.8, 4) is 5.75 Å². The van der Waals surface area contributed by atoms with E-state index in [1.54, 1.807) is 24.3 Å². The van der Waals surface area contributed by atoms with Crippen molar-refractivity contribution < 1.29 is 14.3 Å². The van der Waals surface area contributed by atoms with E-state index in [0.29, 0.717) is 35.6 Å². The second kappa shape index (κ2) is 12.6. The summed E-state index contributed by atoms with van der Waals surface area (Å²) >= 11 is 5.87. The summed E-state index contributed by atoms with van der Waals surface area (Å²) in [5.41, 5.74) is 1.76. The molecule has 0 bridgehead atoms. The third kappa shape index (κ3) is 7.99. The van der Waals surface area contributed by atoms with Gasteiger partial charge in [-0.3, -0.25) is 9.59 Å².